The van der Waals surface area contributed by atoms with Gasteiger partial charge in [-0.1, -0.05) is 44.5 Å². The summed E-state index contributed by atoms with van der Waals surface area (Å²) in [7, 11) is 1.91. The molecular weight excluding hydrogens is 435 g/mol. The van der Waals surface area contributed by atoms with E-state index in [4.69, 9.17) is 0 Å². The van der Waals surface area contributed by atoms with E-state index in [1.165, 1.54) is 43.4 Å². The van der Waals surface area contributed by atoms with E-state index in [0.29, 0.717) is 5.41 Å². The maximum atomic E-state index is 4.55. The van der Waals surface area contributed by atoms with E-state index in [9.17, 15) is 0 Å². The van der Waals surface area contributed by atoms with E-state index in [2.05, 4.69) is 58.2 Å². The molecule has 1 heterocycles. The van der Waals surface area contributed by atoms with Gasteiger partial charge in [0.05, 0.1) is 0 Å². The molecule has 1 spiro atoms. The van der Waals surface area contributed by atoms with Crippen LogP contribution in [0.25, 0.3) is 0 Å². The molecule has 0 unspecified atom stereocenters. The third-order valence-corrected chi connectivity index (χ3v) is 6.21. The fraction of sp³-hybridized carbons (Fsp3) is 0.667. The predicted molar refractivity (Wildman–Crippen MR) is 121 cm³/mol. The second-order valence-corrected chi connectivity index (χ2v) is 7.66. The third-order valence-electron chi connectivity index (χ3n) is 6.21. The molecule has 0 amide bonds. The molecule has 3 rings (SSSR count). The summed E-state index contributed by atoms with van der Waals surface area (Å²) >= 11 is 0. The largest absolute Gasteiger partial charge is 0.352 e. The number of hydrogen-bond acceptors (Lipinski definition) is 2. The summed E-state index contributed by atoms with van der Waals surface area (Å²) in [5.74, 6) is 1.07. The molecule has 1 saturated heterocycles. The van der Waals surface area contributed by atoms with Crippen LogP contribution in [-0.4, -0.2) is 49.0 Å². The van der Waals surface area contributed by atoms with E-state index in [1.807, 2.05) is 7.05 Å². The van der Waals surface area contributed by atoms with Crippen LogP contribution in [0.5, 0.6) is 0 Å². The van der Waals surface area contributed by atoms with Gasteiger partial charge in [-0.05, 0) is 48.9 Å². The minimum Gasteiger partial charge on any atom is -0.352 e. The van der Waals surface area contributed by atoms with Gasteiger partial charge in [0.15, 0.2) is 5.96 Å². The average Bonchev–Trinajstić information content (AvgIpc) is 3.07. The van der Waals surface area contributed by atoms with Crippen molar-refractivity contribution < 1.29 is 0 Å². The summed E-state index contributed by atoms with van der Waals surface area (Å²) in [4.78, 5) is 9.48. The summed E-state index contributed by atoms with van der Waals surface area (Å²) in [6.45, 7) is 10.9. The predicted octanol–water partition coefficient (Wildman–Crippen LogP) is 4.10. The van der Waals surface area contributed by atoms with Gasteiger partial charge >= 0.3 is 0 Å². The number of guanidine groups is 1. The number of halogens is 1. The Kier molecular flexibility index (Phi) is 8.20. The van der Waals surface area contributed by atoms with Crippen molar-refractivity contribution in [1.29, 1.82) is 0 Å². The van der Waals surface area contributed by atoms with E-state index in [0.717, 1.165) is 38.7 Å². The molecule has 1 saturated carbocycles. The van der Waals surface area contributed by atoms with E-state index in [1.54, 1.807) is 0 Å². The Hall–Kier alpha value is -0.820. The van der Waals surface area contributed by atoms with Crippen LogP contribution in [0, 0.1) is 5.41 Å². The van der Waals surface area contributed by atoms with Crippen molar-refractivity contribution in [2.45, 2.75) is 52.6 Å². The fourth-order valence-electron chi connectivity index (χ4n) is 4.28. The number of rotatable bonds is 6. The molecule has 2 aliphatic rings. The van der Waals surface area contributed by atoms with Gasteiger partial charge in [0.2, 0.25) is 0 Å². The maximum absolute atomic E-state index is 4.55. The highest BCUT2D eigenvalue weighted by Crippen LogP contribution is 2.47. The molecule has 0 bridgehead atoms. The van der Waals surface area contributed by atoms with Gasteiger partial charge in [-0.15, -0.1) is 24.0 Å². The Morgan fingerprint density at radius 3 is 2.38 bits per heavy atom. The van der Waals surface area contributed by atoms with Crippen LogP contribution in [0.2, 0.25) is 0 Å². The van der Waals surface area contributed by atoms with Gasteiger partial charge in [-0.25, -0.2) is 0 Å². The number of hydrogen-bond donors (Lipinski definition) is 1. The van der Waals surface area contributed by atoms with Crippen molar-refractivity contribution in [1.82, 2.24) is 15.1 Å². The molecule has 146 valence electrons. The third kappa shape index (κ3) is 4.91. The van der Waals surface area contributed by atoms with Crippen LogP contribution in [0.1, 0.15) is 50.7 Å². The minimum absolute atomic E-state index is 0. The smallest absolute Gasteiger partial charge is 0.193 e. The lowest BCUT2D eigenvalue weighted by atomic mass is 9.68. The summed E-state index contributed by atoms with van der Waals surface area (Å²) in [5.41, 5.74) is 3.41. The van der Waals surface area contributed by atoms with Crippen molar-refractivity contribution >= 4 is 29.9 Å². The molecule has 1 aromatic carbocycles. The monoisotopic (exact) mass is 470 g/mol. The van der Waals surface area contributed by atoms with Crippen LogP contribution in [0.15, 0.2) is 29.3 Å². The summed E-state index contributed by atoms with van der Waals surface area (Å²) < 4.78 is 0. The van der Waals surface area contributed by atoms with Crippen LogP contribution in [-0.2, 0) is 13.1 Å². The van der Waals surface area contributed by atoms with Gasteiger partial charge in [0.1, 0.15) is 0 Å². The number of likely N-dealkylation sites (tertiary alicyclic amines) is 1. The van der Waals surface area contributed by atoms with Crippen LogP contribution in [0.3, 0.4) is 0 Å². The molecule has 0 radical (unpaired) electrons. The fourth-order valence-corrected chi connectivity index (χ4v) is 4.28. The Morgan fingerprint density at radius 1 is 1.15 bits per heavy atom. The van der Waals surface area contributed by atoms with Crippen molar-refractivity contribution in [3.63, 3.8) is 0 Å². The normalized spacial score (nSPS) is 18.8. The highest BCUT2D eigenvalue weighted by atomic mass is 127. The molecule has 0 aromatic heterocycles. The topological polar surface area (TPSA) is 30.9 Å². The van der Waals surface area contributed by atoms with Crippen LogP contribution in [0.4, 0.5) is 0 Å². The molecule has 1 N–H and O–H groups in total. The SMILES string of the molecule is CCN(CC)Cc1ccccc1CNC(=NC)N1CCC2(CCC2)C1.I. The standard InChI is InChI=1S/C21H34N4.HI/c1-4-24(5-2)16-19-10-7-6-9-18(19)15-23-20(22-3)25-14-13-21(17-25)11-8-12-21;/h6-7,9-10H,4-5,8,11-17H2,1-3H3,(H,22,23);1H. The van der Waals surface area contributed by atoms with E-state index in [-0.39, 0.29) is 24.0 Å². The Morgan fingerprint density at radius 2 is 1.85 bits per heavy atom. The Labute approximate surface area is 176 Å². The van der Waals surface area contributed by atoms with Gasteiger partial charge in [-0.3, -0.25) is 9.89 Å². The average molecular weight is 470 g/mol. The van der Waals surface area contributed by atoms with Gasteiger partial charge in [-0.2, -0.15) is 0 Å². The maximum Gasteiger partial charge on any atom is 0.193 e. The number of nitrogens with one attached hydrogen (secondary N) is 1. The highest BCUT2D eigenvalue weighted by Gasteiger charge is 2.43. The summed E-state index contributed by atoms with van der Waals surface area (Å²) in [6.07, 6.45) is 5.57. The van der Waals surface area contributed by atoms with Crippen LogP contribution >= 0.6 is 24.0 Å². The molecule has 1 aliphatic carbocycles. The molecule has 1 aliphatic heterocycles. The lowest BCUT2D eigenvalue weighted by Crippen LogP contribution is -2.42. The molecule has 1 aromatic rings. The van der Waals surface area contributed by atoms with Crippen molar-refractivity contribution in [2.24, 2.45) is 10.4 Å². The first-order valence-electron chi connectivity index (χ1n) is 9.94. The highest BCUT2D eigenvalue weighted by molar-refractivity contribution is 14.0. The van der Waals surface area contributed by atoms with Gasteiger partial charge < -0.3 is 10.2 Å². The van der Waals surface area contributed by atoms with Crippen molar-refractivity contribution in [3.05, 3.63) is 35.4 Å². The zero-order valence-corrected chi connectivity index (χ0v) is 19.0. The van der Waals surface area contributed by atoms with E-state index >= 15 is 0 Å². The van der Waals surface area contributed by atoms with Gasteiger partial charge in [0, 0.05) is 33.2 Å². The zero-order valence-electron chi connectivity index (χ0n) is 16.6. The summed E-state index contributed by atoms with van der Waals surface area (Å²) in [6, 6.07) is 8.80. The number of benzene rings is 1. The zero-order chi connectivity index (χ0) is 17.7. The van der Waals surface area contributed by atoms with E-state index < -0.39 is 0 Å². The molecule has 0 atom stereocenters. The molecule has 2 fully saturated rings. The quantitative estimate of drug-likeness (QED) is 0.386. The first-order valence-corrected chi connectivity index (χ1v) is 9.94. The van der Waals surface area contributed by atoms with Crippen LogP contribution < -0.4 is 5.32 Å². The minimum atomic E-state index is 0. The lowest BCUT2D eigenvalue weighted by molar-refractivity contribution is 0.151. The first kappa shape index (κ1) is 21.5. The number of nitrogens with zero attached hydrogens (tertiary/aromatic N) is 3. The lowest BCUT2D eigenvalue weighted by Gasteiger charge is -2.38. The molecule has 5 heteroatoms. The number of aliphatic imine (C=N–C) groups is 1. The first-order chi connectivity index (χ1) is 12.2. The van der Waals surface area contributed by atoms with Crippen molar-refractivity contribution in [2.75, 3.05) is 33.2 Å². The Bertz CT molecular complexity index is 593. The molecule has 4 nitrogen and oxygen atoms in total. The van der Waals surface area contributed by atoms with Crippen molar-refractivity contribution in [3.8, 4) is 0 Å². The Balaban J connectivity index is 0.00000243. The summed E-state index contributed by atoms with van der Waals surface area (Å²) in [5, 5.41) is 3.62. The second kappa shape index (κ2) is 9.93. The molecular formula is C21H35IN4. The van der Waals surface area contributed by atoms with Gasteiger partial charge in [0.25, 0.3) is 0 Å². The second-order valence-electron chi connectivity index (χ2n) is 7.66. The molecule has 26 heavy (non-hydrogen) atoms.